The van der Waals surface area contributed by atoms with Crippen molar-refractivity contribution in [2.24, 2.45) is 5.16 Å². The van der Waals surface area contributed by atoms with Crippen LogP contribution in [0.4, 0.5) is 13.2 Å². The Morgan fingerprint density at radius 3 is 2.39 bits per heavy atom. The van der Waals surface area contributed by atoms with Gasteiger partial charge < -0.3 is 14.7 Å². The van der Waals surface area contributed by atoms with Crippen LogP contribution in [0.15, 0.2) is 41.6 Å². The quantitative estimate of drug-likeness (QED) is 0.834. The van der Waals surface area contributed by atoms with Gasteiger partial charge in [0.15, 0.2) is 0 Å². The molecule has 0 amide bonds. The van der Waals surface area contributed by atoms with Gasteiger partial charge in [-0.2, -0.15) is 13.2 Å². The molecular weight excluding hydrogens is 393 g/mol. The molecule has 0 bridgehead atoms. The zero-order valence-corrected chi connectivity index (χ0v) is 15.7. The zero-order chi connectivity index (χ0) is 19.8. The van der Waals surface area contributed by atoms with E-state index >= 15 is 0 Å². The Kier molecular flexibility index (Phi) is 5.17. The van der Waals surface area contributed by atoms with Gasteiger partial charge in [0.25, 0.3) is 0 Å². The van der Waals surface area contributed by atoms with Crippen molar-refractivity contribution in [2.75, 3.05) is 26.3 Å². The molecule has 0 saturated carbocycles. The van der Waals surface area contributed by atoms with E-state index in [1.807, 2.05) is 18.2 Å². The van der Waals surface area contributed by atoms with Gasteiger partial charge in [-0.1, -0.05) is 29.4 Å². The maximum Gasteiger partial charge on any atom is 0.458 e. The topological polar surface area (TPSA) is 54.3 Å². The molecule has 1 fully saturated rings. The summed E-state index contributed by atoms with van der Waals surface area (Å²) in [5.41, 5.74) is 1.55. The first-order valence-electron chi connectivity index (χ1n) is 8.88. The number of nitrogens with zero attached hydrogens (tertiary/aromatic N) is 2. The Hall–Kier alpha value is -1.94. The molecule has 0 radical (unpaired) electrons. The van der Waals surface area contributed by atoms with Crippen molar-refractivity contribution in [1.82, 2.24) is 4.90 Å². The number of benzene rings is 1. The Morgan fingerprint density at radius 2 is 1.75 bits per heavy atom. The minimum atomic E-state index is -4.90. The second-order valence-electron chi connectivity index (χ2n) is 6.82. The first-order chi connectivity index (χ1) is 13.3. The average Bonchev–Trinajstić information content (AvgIpc) is 3.30. The number of hydrogen-bond acceptors (Lipinski definition) is 6. The molecule has 1 aromatic carbocycles. The van der Waals surface area contributed by atoms with Gasteiger partial charge in [0, 0.05) is 29.4 Å². The Morgan fingerprint density at radius 1 is 1.07 bits per heavy atom. The summed E-state index contributed by atoms with van der Waals surface area (Å²) in [7, 11) is 0. The Bertz CT molecular complexity index is 860. The maximum atomic E-state index is 12.8. The van der Waals surface area contributed by atoms with Crippen molar-refractivity contribution in [2.45, 2.75) is 24.9 Å². The fraction of sp³-hybridized carbons (Fsp3) is 0.421. The molecule has 0 spiro atoms. The fourth-order valence-corrected chi connectivity index (χ4v) is 4.21. The molecule has 1 atom stereocenters. The number of morpholine rings is 1. The summed E-state index contributed by atoms with van der Waals surface area (Å²) in [6, 6.07) is 11.2. The number of halogens is 3. The van der Waals surface area contributed by atoms with Crippen molar-refractivity contribution in [3.05, 3.63) is 46.8 Å². The highest BCUT2D eigenvalue weighted by atomic mass is 32.1. The fourth-order valence-electron chi connectivity index (χ4n) is 3.15. The standard InChI is InChI=1S/C19H19F3N2O3S/c20-19(21,22)18(25)11-16(23-27-18)13-1-3-14(4-2-13)17-6-5-15(28-17)12-24-7-9-26-10-8-24/h1-6,25H,7-12H2. The molecule has 3 heterocycles. The Balaban J connectivity index is 1.43. The van der Waals surface area contributed by atoms with E-state index in [1.54, 1.807) is 23.5 Å². The SMILES string of the molecule is OC1(C(F)(F)F)CC(c2ccc(-c3ccc(CN4CCOCC4)s3)cc2)=NO1. The lowest BCUT2D eigenvalue weighted by Gasteiger charge is -2.25. The van der Waals surface area contributed by atoms with Crippen molar-refractivity contribution < 1.29 is 27.9 Å². The summed E-state index contributed by atoms with van der Waals surface area (Å²) in [6.07, 6.45) is -5.62. The smallest absolute Gasteiger partial charge is 0.379 e. The molecule has 2 aromatic rings. The van der Waals surface area contributed by atoms with Gasteiger partial charge in [0.2, 0.25) is 0 Å². The van der Waals surface area contributed by atoms with Crippen LogP contribution in [0, 0.1) is 0 Å². The molecule has 1 saturated heterocycles. The van der Waals surface area contributed by atoms with E-state index in [9.17, 15) is 18.3 Å². The first kappa shape index (κ1) is 19.4. The summed E-state index contributed by atoms with van der Waals surface area (Å²) in [5, 5.41) is 13.0. The van der Waals surface area contributed by atoms with Crippen molar-refractivity contribution in [3.8, 4) is 10.4 Å². The van der Waals surface area contributed by atoms with Crippen LogP contribution in [-0.2, 0) is 16.1 Å². The lowest BCUT2D eigenvalue weighted by atomic mass is 10.0. The second kappa shape index (κ2) is 7.47. The molecular formula is C19H19F3N2O3S. The van der Waals surface area contributed by atoms with Crippen LogP contribution in [0.2, 0.25) is 0 Å². The summed E-state index contributed by atoms with van der Waals surface area (Å²) < 4.78 is 43.9. The number of ether oxygens (including phenoxy) is 1. The largest absolute Gasteiger partial charge is 0.458 e. The highest BCUT2D eigenvalue weighted by Crippen LogP contribution is 2.39. The van der Waals surface area contributed by atoms with Crippen LogP contribution >= 0.6 is 11.3 Å². The molecule has 1 unspecified atom stereocenters. The van der Waals surface area contributed by atoms with Gasteiger partial charge in [0.05, 0.1) is 25.3 Å². The van der Waals surface area contributed by atoms with E-state index in [1.165, 1.54) is 4.88 Å². The monoisotopic (exact) mass is 412 g/mol. The molecule has 9 heteroatoms. The number of aliphatic hydroxyl groups is 1. The van der Waals surface area contributed by atoms with Crippen LogP contribution in [0.3, 0.4) is 0 Å². The molecule has 1 aromatic heterocycles. The van der Waals surface area contributed by atoms with Crippen molar-refractivity contribution in [3.63, 3.8) is 0 Å². The lowest BCUT2D eigenvalue weighted by Crippen LogP contribution is -2.45. The summed E-state index contributed by atoms with van der Waals surface area (Å²) >= 11 is 1.69. The number of oxime groups is 1. The van der Waals surface area contributed by atoms with Gasteiger partial charge in [-0.05, 0) is 23.3 Å². The predicted octanol–water partition coefficient (Wildman–Crippen LogP) is 3.62. The van der Waals surface area contributed by atoms with Gasteiger partial charge in [-0.15, -0.1) is 11.3 Å². The lowest BCUT2D eigenvalue weighted by molar-refractivity contribution is -0.355. The average molecular weight is 412 g/mol. The van der Waals surface area contributed by atoms with Crippen LogP contribution in [0.5, 0.6) is 0 Å². The van der Waals surface area contributed by atoms with E-state index in [0.29, 0.717) is 5.56 Å². The number of hydrogen-bond donors (Lipinski definition) is 1. The molecule has 2 aliphatic rings. The first-order valence-corrected chi connectivity index (χ1v) is 9.69. The van der Waals surface area contributed by atoms with E-state index in [4.69, 9.17) is 4.74 Å². The molecule has 4 rings (SSSR count). The third-order valence-electron chi connectivity index (χ3n) is 4.80. The summed E-state index contributed by atoms with van der Waals surface area (Å²) in [6.45, 7) is 4.26. The molecule has 2 aliphatic heterocycles. The third kappa shape index (κ3) is 3.93. The normalized spacial score (nSPS) is 23.5. The van der Waals surface area contributed by atoms with Crippen LogP contribution < -0.4 is 0 Å². The van der Waals surface area contributed by atoms with Gasteiger partial charge >= 0.3 is 12.0 Å². The van der Waals surface area contributed by atoms with Gasteiger partial charge in [0.1, 0.15) is 0 Å². The molecule has 1 N–H and O–H groups in total. The number of rotatable bonds is 4. The molecule has 5 nitrogen and oxygen atoms in total. The highest BCUT2D eigenvalue weighted by molar-refractivity contribution is 7.15. The van der Waals surface area contributed by atoms with Crippen molar-refractivity contribution in [1.29, 1.82) is 0 Å². The molecule has 28 heavy (non-hydrogen) atoms. The van der Waals surface area contributed by atoms with Crippen molar-refractivity contribution >= 4 is 17.0 Å². The Labute approximate surface area is 164 Å². The van der Waals surface area contributed by atoms with Gasteiger partial charge in [-0.3, -0.25) is 4.90 Å². The number of thiophene rings is 1. The summed E-state index contributed by atoms with van der Waals surface area (Å²) in [5.74, 6) is -3.25. The van der Waals surface area contributed by atoms with E-state index in [0.717, 1.165) is 43.3 Å². The van der Waals surface area contributed by atoms with Crippen LogP contribution in [-0.4, -0.2) is 54.0 Å². The second-order valence-corrected chi connectivity index (χ2v) is 7.99. The molecule has 150 valence electrons. The predicted molar refractivity (Wildman–Crippen MR) is 99.1 cm³/mol. The van der Waals surface area contributed by atoms with Gasteiger partial charge in [-0.25, -0.2) is 0 Å². The minimum Gasteiger partial charge on any atom is -0.379 e. The minimum absolute atomic E-state index is 0.0746. The molecule has 0 aliphatic carbocycles. The van der Waals surface area contributed by atoms with Crippen LogP contribution in [0.1, 0.15) is 16.9 Å². The van der Waals surface area contributed by atoms with Crippen LogP contribution in [0.25, 0.3) is 10.4 Å². The van der Waals surface area contributed by atoms with E-state index in [2.05, 4.69) is 21.0 Å². The maximum absolute atomic E-state index is 12.8. The van der Waals surface area contributed by atoms with E-state index < -0.39 is 18.4 Å². The third-order valence-corrected chi connectivity index (χ3v) is 5.92. The highest BCUT2D eigenvalue weighted by Gasteiger charge is 2.60. The summed E-state index contributed by atoms with van der Waals surface area (Å²) in [4.78, 5) is 8.96. The van der Waals surface area contributed by atoms with E-state index in [-0.39, 0.29) is 5.71 Å². The zero-order valence-electron chi connectivity index (χ0n) is 14.9. The number of alkyl halides is 3.